The van der Waals surface area contributed by atoms with Gasteiger partial charge in [-0.15, -0.1) is 0 Å². The van der Waals surface area contributed by atoms with Gasteiger partial charge < -0.3 is 4.98 Å². The predicted octanol–water partition coefficient (Wildman–Crippen LogP) is 3.09. The summed E-state index contributed by atoms with van der Waals surface area (Å²) in [7, 11) is -3.96. The molecule has 0 aliphatic carbocycles. The molecule has 112 valence electrons. The summed E-state index contributed by atoms with van der Waals surface area (Å²) in [6, 6.07) is 15.0. The molecule has 0 aliphatic rings. The van der Waals surface area contributed by atoms with Crippen LogP contribution >= 0.6 is 15.9 Å². The van der Waals surface area contributed by atoms with E-state index in [9.17, 15) is 13.2 Å². The molecule has 5 nitrogen and oxygen atoms in total. The highest BCUT2D eigenvalue weighted by Crippen LogP contribution is 2.19. The number of pyridine rings is 1. The summed E-state index contributed by atoms with van der Waals surface area (Å²) in [6.07, 6.45) is 0. The fourth-order valence-electron chi connectivity index (χ4n) is 2.06. The third-order valence-electron chi connectivity index (χ3n) is 3.11. The molecule has 22 heavy (non-hydrogen) atoms. The third kappa shape index (κ3) is 2.90. The lowest BCUT2D eigenvalue weighted by Crippen LogP contribution is -2.22. The molecule has 2 N–H and O–H groups in total. The van der Waals surface area contributed by atoms with Gasteiger partial charge in [-0.1, -0.05) is 34.1 Å². The zero-order chi connectivity index (χ0) is 15.7. The van der Waals surface area contributed by atoms with E-state index in [1.807, 2.05) is 0 Å². The molecule has 0 bridgehead atoms. The van der Waals surface area contributed by atoms with Gasteiger partial charge in [0.05, 0.1) is 0 Å². The average molecular weight is 379 g/mol. The first-order chi connectivity index (χ1) is 10.5. The molecular weight excluding hydrogens is 368 g/mol. The number of para-hydroxylation sites is 1. The van der Waals surface area contributed by atoms with E-state index < -0.39 is 15.6 Å². The first-order valence-corrected chi connectivity index (χ1v) is 8.64. The molecule has 0 aliphatic heterocycles. The van der Waals surface area contributed by atoms with Crippen LogP contribution in [0, 0.1) is 0 Å². The summed E-state index contributed by atoms with van der Waals surface area (Å²) in [5, 5.41) is 0.651. The molecule has 0 saturated heterocycles. The second kappa shape index (κ2) is 5.58. The van der Waals surface area contributed by atoms with Gasteiger partial charge in [0, 0.05) is 15.7 Å². The molecule has 0 radical (unpaired) electrons. The Hall–Kier alpha value is -2.12. The molecule has 0 unspecified atom stereocenters. The van der Waals surface area contributed by atoms with E-state index in [0.29, 0.717) is 16.6 Å². The van der Waals surface area contributed by atoms with Crippen molar-refractivity contribution in [2.24, 2.45) is 0 Å². The van der Waals surface area contributed by atoms with Crippen LogP contribution < -0.4 is 10.3 Å². The largest absolute Gasteiger partial charge is 0.321 e. The fraction of sp³-hybridized carbons (Fsp3) is 0. The molecule has 0 spiro atoms. The number of rotatable bonds is 3. The zero-order valence-electron chi connectivity index (χ0n) is 11.2. The van der Waals surface area contributed by atoms with Crippen molar-refractivity contribution in [3.63, 3.8) is 0 Å². The first-order valence-electron chi connectivity index (χ1n) is 6.36. The minimum absolute atomic E-state index is 0.311. The number of halogens is 1. The van der Waals surface area contributed by atoms with E-state index in [0.717, 1.165) is 4.47 Å². The van der Waals surface area contributed by atoms with Crippen molar-refractivity contribution in [2.75, 3.05) is 4.72 Å². The summed E-state index contributed by atoms with van der Waals surface area (Å²) < 4.78 is 28.0. The molecule has 0 amide bonds. The number of anilines is 1. The number of aromatic amines is 1. The number of sulfonamides is 1. The number of H-pyrrole nitrogens is 1. The lowest BCUT2D eigenvalue weighted by atomic mass is 10.2. The van der Waals surface area contributed by atoms with Crippen LogP contribution in [0.15, 0.2) is 68.8 Å². The Morgan fingerprint density at radius 2 is 1.68 bits per heavy atom. The van der Waals surface area contributed by atoms with Crippen LogP contribution in [0.5, 0.6) is 0 Å². The highest BCUT2D eigenvalue weighted by Gasteiger charge is 2.19. The van der Waals surface area contributed by atoms with Gasteiger partial charge in [0.2, 0.25) is 0 Å². The molecule has 3 rings (SSSR count). The molecule has 1 heterocycles. The standard InChI is InChI=1S/C15H11BrN2O3S/c16-11-5-7-12(8-6-11)18-22(20,21)14-9-10-3-1-2-4-13(10)17-15(14)19/h1-9,18H,(H,17,19). The Morgan fingerprint density at radius 1 is 1.00 bits per heavy atom. The van der Waals surface area contributed by atoms with Crippen LogP contribution in [0.4, 0.5) is 5.69 Å². The van der Waals surface area contributed by atoms with Crippen LogP contribution in [0.1, 0.15) is 0 Å². The van der Waals surface area contributed by atoms with Gasteiger partial charge in [0.1, 0.15) is 0 Å². The number of aromatic nitrogens is 1. The molecule has 7 heteroatoms. The number of fused-ring (bicyclic) bond motifs is 1. The van der Waals surface area contributed by atoms with Crippen molar-refractivity contribution in [3.8, 4) is 0 Å². The van der Waals surface area contributed by atoms with Gasteiger partial charge in [-0.25, -0.2) is 8.42 Å². The van der Waals surface area contributed by atoms with Gasteiger partial charge in [-0.3, -0.25) is 9.52 Å². The van der Waals surface area contributed by atoms with E-state index in [1.54, 1.807) is 48.5 Å². The monoisotopic (exact) mass is 378 g/mol. The zero-order valence-corrected chi connectivity index (χ0v) is 13.6. The van der Waals surface area contributed by atoms with E-state index >= 15 is 0 Å². The minimum atomic E-state index is -3.96. The van der Waals surface area contributed by atoms with Crippen molar-refractivity contribution >= 4 is 42.5 Å². The lowest BCUT2D eigenvalue weighted by Gasteiger charge is -2.08. The van der Waals surface area contributed by atoms with Gasteiger partial charge in [-0.05, 0) is 41.8 Å². The maximum Gasteiger partial charge on any atom is 0.269 e. The SMILES string of the molecule is O=c1[nH]c2ccccc2cc1S(=O)(=O)Nc1ccc(Br)cc1. The average Bonchev–Trinajstić information content (AvgIpc) is 2.48. The third-order valence-corrected chi connectivity index (χ3v) is 5.02. The highest BCUT2D eigenvalue weighted by molar-refractivity contribution is 9.10. The van der Waals surface area contributed by atoms with E-state index in [4.69, 9.17) is 0 Å². The second-order valence-electron chi connectivity index (χ2n) is 4.66. The Balaban J connectivity index is 2.07. The summed E-state index contributed by atoms with van der Waals surface area (Å²) in [5.74, 6) is 0. The molecule has 0 atom stereocenters. The highest BCUT2D eigenvalue weighted by atomic mass is 79.9. The smallest absolute Gasteiger partial charge is 0.269 e. The maximum absolute atomic E-state index is 12.4. The van der Waals surface area contributed by atoms with Crippen molar-refractivity contribution in [1.29, 1.82) is 0 Å². The normalized spacial score (nSPS) is 11.5. The first kappa shape index (κ1) is 14.8. The molecule has 0 fully saturated rings. The molecule has 3 aromatic rings. The van der Waals surface area contributed by atoms with Gasteiger partial charge in [-0.2, -0.15) is 0 Å². The maximum atomic E-state index is 12.4. The number of nitrogens with one attached hydrogen (secondary N) is 2. The Labute approximate surface area is 135 Å². The van der Waals surface area contributed by atoms with E-state index in [2.05, 4.69) is 25.6 Å². The minimum Gasteiger partial charge on any atom is -0.321 e. The Morgan fingerprint density at radius 3 is 2.41 bits per heavy atom. The van der Waals surface area contributed by atoms with Crippen molar-refractivity contribution < 1.29 is 8.42 Å². The molecule has 2 aromatic carbocycles. The van der Waals surface area contributed by atoms with E-state index in [-0.39, 0.29) is 4.90 Å². The summed E-state index contributed by atoms with van der Waals surface area (Å²) in [5.41, 5.74) is 0.328. The summed E-state index contributed by atoms with van der Waals surface area (Å²) >= 11 is 3.28. The Kier molecular flexibility index (Phi) is 3.76. The van der Waals surface area contributed by atoms with Crippen LogP contribution in [0.2, 0.25) is 0 Å². The summed E-state index contributed by atoms with van der Waals surface area (Å²) in [4.78, 5) is 14.3. The van der Waals surface area contributed by atoms with Crippen LogP contribution in [-0.2, 0) is 10.0 Å². The van der Waals surface area contributed by atoms with E-state index in [1.165, 1.54) is 6.07 Å². The molecular formula is C15H11BrN2O3S. The van der Waals surface area contributed by atoms with Crippen molar-refractivity contribution in [1.82, 2.24) is 4.98 Å². The van der Waals surface area contributed by atoms with Crippen LogP contribution in [0.25, 0.3) is 10.9 Å². The van der Waals surface area contributed by atoms with Crippen LogP contribution in [0.3, 0.4) is 0 Å². The number of hydrogen-bond donors (Lipinski definition) is 2. The van der Waals surface area contributed by atoms with Crippen molar-refractivity contribution in [3.05, 3.63) is 69.4 Å². The predicted molar refractivity (Wildman–Crippen MR) is 89.5 cm³/mol. The molecule has 1 aromatic heterocycles. The van der Waals surface area contributed by atoms with Crippen LogP contribution in [-0.4, -0.2) is 13.4 Å². The fourth-order valence-corrected chi connectivity index (χ4v) is 3.45. The molecule has 0 saturated carbocycles. The second-order valence-corrected chi connectivity index (χ2v) is 7.23. The topological polar surface area (TPSA) is 79.0 Å². The lowest BCUT2D eigenvalue weighted by molar-refractivity contribution is 0.600. The van der Waals surface area contributed by atoms with Gasteiger partial charge in [0.15, 0.2) is 4.90 Å². The van der Waals surface area contributed by atoms with Gasteiger partial charge >= 0.3 is 0 Å². The van der Waals surface area contributed by atoms with Crippen molar-refractivity contribution in [2.45, 2.75) is 4.90 Å². The number of hydrogen-bond acceptors (Lipinski definition) is 3. The number of benzene rings is 2. The summed E-state index contributed by atoms with van der Waals surface area (Å²) in [6.45, 7) is 0. The Bertz CT molecular complexity index is 995. The quantitative estimate of drug-likeness (QED) is 0.734. The van der Waals surface area contributed by atoms with Gasteiger partial charge in [0.25, 0.3) is 15.6 Å².